The first-order valence-corrected chi connectivity index (χ1v) is 10.6. The van der Waals surface area contributed by atoms with Crippen LogP contribution >= 0.6 is 0 Å². The van der Waals surface area contributed by atoms with Crippen molar-refractivity contribution in [3.05, 3.63) is 48.3 Å². The molecule has 0 atom stereocenters. The molecule has 0 amide bonds. The predicted molar refractivity (Wildman–Crippen MR) is 101 cm³/mol. The van der Waals surface area contributed by atoms with Gasteiger partial charge >= 0.3 is 12.5 Å². The van der Waals surface area contributed by atoms with Gasteiger partial charge in [-0.1, -0.05) is 19.1 Å². The number of aromatic nitrogens is 3. The summed E-state index contributed by atoms with van der Waals surface area (Å²) in [6, 6.07) is 5.46. The normalized spacial score (nSPS) is 12.8. The van der Waals surface area contributed by atoms with Gasteiger partial charge in [0.1, 0.15) is 11.4 Å². The number of halogens is 6. The molecule has 0 bridgehead atoms. The topological polar surface area (TPSA) is 74.1 Å². The number of rotatable bonds is 5. The fourth-order valence-corrected chi connectivity index (χ4v) is 3.97. The van der Waals surface area contributed by atoms with E-state index in [4.69, 9.17) is 0 Å². The van der Waals surface area contributed by atoms with E-state index in [0.29, 0.717) is 12.3 Å². The van der Waals surface area contributed by atoms with Crippen LogP contribution in [0.25, 0.3) is 22.8 Å². The highest BCUT2D eigenvalue weighted by molar-refractivity contribution is 7.91. The summed E-state index contributed by atoms with van der Waals surface area (Å²) in [6.07, 6.45) is -7.97. The van der Waals surface area contributed by atoms with E-state index in [-0.39, 0.29) is 22.8 Å². The van der Waals surface area contributed by atoms with Crippen molar-refractivity contribution >= 4 is 9.84 Å². The van der Waals surface area contributed by atoms with E-state index in [9.17, 15) is 34.8 Å². The molecule has 3 rings (SSSR count). The molecule has 6 nitrogen and oxygen atoms in total. The first kappa shape index (κ1) is 23.6. The SMILES string of the molecule is CCS(=O)(=O)c1cc(C(F)(F)F)cnc1-c1ncc(-c2cccc(OC(F)(F)F)c2)n1C. The van der Waals surface area contributed by atoms with E-state index in [0.717, 1.165) is 12.1 Å². The van der Waals surface area contributed by atoms with Gasteiger partial charge in [0.2, 0.25) is 0 Å². The smallest absolute Gasteiger partial charge is 0.406 e. The van der Waals surface area contributed by atoms with Crippen LogP contribution in [0.15, 0.2) is 47.6 Å². The number of imidazole rings is 1. The van der Waals surface area contributed by atoms with E-state index in [1.54, 1.807) is 0 Å². The van der Waals surface area contributed by atoms with E-state index in [1.165, 1.54) is 36.9 Å². The van der Waals surface area contributed by atoms with Crippen LogP contribution in [0.3, 0.4) is 0 Å². The second-order valence-electron chi connectivity index (χ2n) is 6.57. The Morgan fingerprint density at radius 2 is 1.72 bits per heavy atom. The highest BCUT2D eigenvalue weighted by Crippen LogP contribution is 2.35. The molecule has 0 unspecified atom stereocenters. The number of benzene rings is 1. The van der Waals surface area contributed by atoms with Crippen LogP contribution in [0.2, 0.25) is 0 Å². The minimum absolute atomic E-state index is 0.0807. The van der Waals surface area contributed by atoms with Crippen LogP contribution in [0.1, 0.15) is 12.5 Å². The zero-order valence-corrected chi connectivity index (χ0v) is 17.3. The molecule has 172 valence electrons. The average molecular weight is 479 g/mol. The number of ether oxygens (including phenoxy) is 1. The fraction of sp³-hybridized carbons (Fsp3) is 0.263. The molecule has 13 heteroatoms. The molecule has 3 aromatic rings. The molecule has 0 radical (unpaired) electrons. The van der Waals surface area contributed by atoms with E-state index in [2.05, 4.69) is 14.7 Å². The third-order valence-corrected chi connectivity index (χ3v) is 6.20. The lowest BCUT2D eigenvalue weighted by molar-refractivity contribution is -0.274. The lowest BCUT2D eigenvalue weighted by atomic mass is 10.1. The Morgan fingerprint density at radius 1 is 1.03 bits per heavy atom. The monoisotopic (exact) mass is 479 g/mol. The summed E-state index contributed by atoms with van der Waals surface area (Å²) >= 11 is 0. The Balaban J connectivity index is 2.14. The molecular formula is C19H15F6N3O3S. The van der Waals surface area contributed by atoms with Gasteiger partial charge in [0.25, 0.3) is 0 Å². The van der Waals surface area contributed by atoms with Crippen molar-refractivity contribution in [2.24, 2.45) is 7.05 Å². The van der Waals surface area contributed by atoms with Gasteiger partial charge in [-0.05, 0) is 18.2 Å². The summed E-state index contributed by atoms with van der Waals surface area (Å²) in [7, 11) is -2.69. The molecule has 0 aliphatic rings. The zero-order chi connectivity index (χ0) is 23.9. The van der Waals surface area contributed by atoms with Crippen molar-refractivity contribution in [1.82, 2.24) is 14.5 Å². The largest absolute Gasteiger partial charge is 0.573 e. The van der Waals surface area contributed by atoms with Crippen molar-refractivity contribution in [1.29, 1.82) is 0 Å². The Bertz CT molecular complexity index is 1250. The summed E-state index contributed by atoms with van der Waals surface area (Å²) in [6.45, 7) is 1.27. The average Bonchev–Trinajstić information content (AvgIpc) is 3.07. The lowest BCUT2D eigenvalue weighted by Crippen LogP contribution is -2.17. The number of hydrogen-bond donors (Lipinski definition) is 0. The summed E-state index contributed by atoms with van der Waals surface area (Å²) < 4.78 is 107. The van der Waals surface area contributed by atoms with Crippen molar-refractivity contribution in [2.75, 3.05) is 5.75 Å². The van der Waals surface area contributed by atoms with Crippen LogP contribution in [-0.2, 0) is 23.1 Å². The molecule has 0 N–H and O–H groups in total. The number of nitrogens with zero attached hydrogens (tertiary/aromatic N) is 3. The summed E-state index contributed by atoms with van der Waals surface area (Å²) in [5, 5.41) is 0. The Morgan fingerprint density at radius 3 is 2.31 bits per heavy atom. The van der Waals surface area contributed by atoms with Crippen LogP contribution in [0.5, 0.6) is 5.75 Å². The fourth-order valence-electron chi connectivity index (χ4n) is 2.91. The van der Waals surface area contributed by atoms with Gasteiger partial charge in [0.15, 0.2) is 15.7 Å². The van der Waals surface area contributed by atoms with Gasteiger partial charge in [-0.2, -0.15) is 13.2 Å². The Labute approximate surface area is 178 Å². The molecule has 1 aromatic carbocycles. The molecule has 32 heavy (non-hydrogen) atoms. The van der Waals surface area contributed by atoms with Crippen LogP contribution < -0.4 is 4.74 Å². The van der Waals surface area contributed by atoms with Gasteiger partial charge in [-0.25, -0.2) is 13.4 Å². The van der Waals surface area contributed by atoms with Crippen molar-refractivity contribution in [3.63, 3.8) is 0 Å². The van der Waals surface area contributed by atoms with Gasteiger partial charge < -0.3 is 9.30 Å². The van der Waals surface area contributed by atoms with Crippen LogP contribution in [0, 0.1) is 0 Å². The molecule has 2 heterocycles. The maximum Gasteiger partial charge on any atom is 0.573 e. The summed E-state index contributed by atoms with van der Waals surface area (Å²) in [5.74, 6) is -1.04. The first-order valence-electron chi connectivity index (χ1n) is 8.91. The molecule has 0 aliphatic carbocycles. The maximum atomic E-state index is 13.1. The Hall–Kier alpha value is -3.09. The lowest BCUT2D eigenvalue weighted by Gasteiger charge is -2.13. The molecule has 2 aromatic heterocycles. The number of hydrogen-bond acceptors (Lipinski definition) is 5. The second-order valence-corrected chi connectivity index (χ2v) is 8.82. The van der Waals surface area contributed by atoms with Gasteiger partial charge in [-0.3, -0.25) is 4.98 Å². The summed E-state index contributed by atoms with van der Waals surface area (Å²) in [5.41, 5.74) is -1.04. The van der Waals surface area contributed by atoms with Gasteiger partial charge in [0.05, 0.1) is 28.1 Å². The third-order valence-electron chi connectivity index (χ3n) is 4.46. The molecule has 0 fully saturated rings. The molecule has 0 spiro atoms. The number of sulfone groups is 1. The maximum absolute atomic E-state index is 13.1. The number of pyridine rings is 1. The van der Waals surface area contributed by atoms with Gasteiger partial charge in [-0.15, -0.1) is 13.2 Å². The predicted octanol–water partition coefficient (Wildman–Crippen LogP) is 4.86. The molecule has 0 saturated carbocycles. The van der Waals surface area contributed by atoms with E-state index in [1.807, 2.05) is 0 Å². The summed E-state index contributed by atoms with van der Waals surface area (Å²) in [4.78, 5) is 7.12. The molecule has 0 saturated heterocycles. The molecule has 0 aliphatic heterocycles. The van der Waals surface area contributed by atoms with E-state index >= 15 is 0 Å². The Kier molecular flexibility index (Phi) is 5.98. The quantitative estimate of drug-likeness (QED) is 0.489. The minimum Gasteiger partial charge on any atom is -0.406 e. The van der Waals surface area contributed by atoms with E-state index < -0.39 is 44.3 Å². The minimum atomic E-state index is -4.90. The molecular weight excluding hydrogens is 464 g/mol. The zero-order valence-electron chi connectivity index (χ0n) is 16.5. The third kappa shape index (κ3) is 4.87. The van der Waals surface area contributed by atoms with Crippen molar-refractivity contribution in [3.8, 4) is 28.5 Å². The number of alkyl halides is 6. The highest BCUT2D eigenvalue weighted by Gasteiger charge is 2.34. The first-order chi connectivity index (χ1) is 14.7. The van der Waals surface area contributed by atoms with Gasteiger partial charge in [0, 0.05) is 18.8 Å². The van der Waals surface area contributed by atoms with Crippen LogP contribution in [-0.4, -0.2) is 35.1 Å². The van der Waals surface area contributed by atoms with Crippen molar-refractivity contribution in [2.45, 2.75) is 24.4 Å². The second kappa shape index (κ2) is 8.11. The van der Waals surface area contributed by atoms with Crippen LogP contribution in [0.4, 0.5) is 26.3 Å². The van der Waals surface area contributed by atoms with Crippen molar-refractivity contribution < 1.29 is 39.5 Å². The highest BCUT2D eigenvalue weighted by atomic mass is 32.2. The standard InChI is InChI=1S/C19H15F6N3O3S/c1-3-32(29,30)15-8-12(18(20,21)22)9-26-16(15)17-27-10-14(28(17)2)11-5-4-6-13(7-11)31-19(23,24)25/h4-10H,3H2,1-2H3.